The molecule has 0 aliphatic heterocycles. The summed E-state index contributed by atoms with van der Waals surface area (Å²) in [5.74, 6) is 0.916. The molecule has 3 nitrogen and oxygen atoms in total. The number of hydrogen-bond acceptors (Lipinski definition) is 2. The van der Waals surface area contributed by atoms with Crippen molar-refractivity contribution < 1.29 is 4.74 Å². The van der Waals surface area contributed by atoms with Crippen molar-refractivity contribution in [1.29, 1.82) is 0 Å². The molecule has 0 aliphatic rings. The number of ether oxygens (including phenoxy) is 1. The average molecular weight is 258 g/mol. The Morgan fingerprint density at radius 3 is 2.37 bits per heavy atom. The number of aryl methyl sites for hydroxylation is 3. The van der Waals surface area contributed by atoms with Crippen LogP contribution in [0.2, 0.25) is 0 Å². The van der Waals surface area contributed by atoms with Crippen LogP contribution in [0.15, 0.2) is 30.3 Å². The Kier molecular flexibility index (Phi) is 4.61. The van der Waals surface area contributed by atoms with Crippen molar-refractivity contribution in [3.63, 3.8) is 0 Å². The van der Waals surface area contributed by atoms with E-state index in [1.165, 1.54) is 5.56 Å². The van der Waals surface area contributed by atoms with Gasteiger partial charge in [0.1, 0.15) is 12.4 Å². The summed E-state index contributed by atoms with van der Waals surface area (Å²) in [5.41, 5.74) is 3.60. The van der Waals surface area contributed by atoms with Crippen LogP contribution in [0.3, 0.4) is 0 Å². The van der Waals surface area contributed by atoms with Gasteiger partial charge in [-0.3, -0.25) is 4.68 Å². The fourth-order valence-electron chi connectivity index (χ4n) is 2.06. The monoisotopic (exact) mass is 258 g/mol. The van der Waals surface area contributed by atoms with Crippen LogP contribution in [0.4, 0.5) is 0 Å². The first-order valence-electron chi connectivity index (χ1n) is 7.04. The molecule has 19 heavy (non-hydrogen) atoms. The lowest BCUT2D eigenvalue weighted by molar-refractivity contribution is 0.292. The van der Waals surface area contributed by atoms with Gasteiger partial charge in [-0.2, -0.15) is 5.10 Å². The van der Waals surface area contributed by atoms with Gasteiger partial charge in [0.05, 0.1) is 11.4 Å². The van der Waals surface area contributed by atoms with Gasteiger partial charge in [-0.25, -0.2) is 0 Å². The lowest BCUT2D eigenvalue weighted by Crippen LogP contribution is -2.06. The molecule has 0 atom stereocenters. The molecule has 102 valence electrons. The number of rotatable bonds is 6. The summed E-state index contributed by atoms with van der Waals surface area (Å²) >= 11 is 0. The second-order valence-corrected chi connectivity index (χ2v) is 4.58. The summed E-state index contributed by atoms with van der Waals surface area (Å²) in [6.07, 6.45) is 2.02. The van der Waals surface area contributed by atoms with E-state index in [1.807, 2.05) is 16.8 Å². The molecule has 1 aromatic carbocycles. The molecule has 1 heterocycles. The fourth-order valence-corrected chi connectivity index (χ4v) is 2.06. The minimum absolute atomic E-state index is 0.576. The van der Waals surface area contributed by atoms with Gasteiger partial charge in [-0.1, -0.05) is 26.0 Å². The highest BCUT2D eigenvalue weighted by molar-refractivity contribution is 5.27. The minimum atomic E-state index is 0.576. The zero-order valence-electron chi connectivity index (χ0n) is 12.0. The van der Waals surface area contributed by atoms with Gasteiger partial charge >= 0.3 is 0 Å². The highest BCUT2D eigenvalue weighted by Gasteiger charge is 2.06. The molecule has 2 rings (SSSR count). The van der Waals surface area contributed by atoms with E-state index in [0.717, 1.165) is 36.5 Å². The quantitative estimate of drug-likeness (QED) is 0.791. The lowest BCUT2D eigenvalue weighted by atomic mass is 10.2. The topological polar surface area (TPSA) is 27.1 Å². The van der Waals surface area contributed by atoms with E-state index in [2.05, 4.69) is 44.1 Å². The Morgan fingerprint density at radius 1 is 1.05 bits per heavy atom. The third-order valence-electron chi connectivity index (χ3n) is 3.29. The largest absolute Gasteiger partial charge is 0.487 e. The smallest absolute Gasteiger partial charge is 0.130 e. The molecular weight excluding hydrogens is 236 g/mol. The molecule has 0 radical (unpaired) electrons. The van der Waals surface area contributed by atoms with Crippen molar-refractivity contribution in [1.82, 2.24) is 9.78 Å². The molecule has 0 spiro atoms. The van der Waals surface area contributed by atoms with Crippen LogP contribution >= 0.6 is 0 Å². The molecule has 2 aromatic rings. The highest BCUT2D eigenvalue weighted by atomic mass is 16.5. The van der Waals surface area contributed by atoms with Crippen LogP contribution in [0.1, 0.15) is 37.7 Å². The van der Waals surface area contributed by atoms with Crippen molar-refractivity contribution >= 4 is 0 Å². The van der Waals surface area contributed by atoms with Gasteiger partial charge in [0.25, 0.3) is 0 Å². The van der Waals surface area contributed by atoms with Gasteiger partial charge in [0.2, 0.25) is 0 Å². The molecule has 3 heteroatoms. The standard InChI is InChI=1S/C16H22N2O/c1-4-13-7-9-16(10-8-13)19-12-15-11-14(5-2)17-18(15)6-3/h7-11H,4-6,12H2,1-3H3. The predicted molar refractivity (Wildman–Crippen MR) is 77.4 cm³/mol. The highest BCUT2D eigenvalue weighted by Crippen LogP contribution is 2.15. The molecule has 0 saturated carbocycles. The third-order valence-corrected chi connectivity index (χ3v) is 3.29. The fraction of sp³-hybridized carbons (Fsp3) is 0.438. The SMILES string of the molecule is CCc1ccc(OCc2cc(CC)nn2CC)cc1. The van der Waals surface area contributed by atoms with E-state index < -0.39 is 0 Å². The Labute approximate surface area is 115 Å². The Bertz CT molecular complexity index is 514. The first-order chi connectivity index (χ1) is 9.26. The van der Waals surface area contributed by atoms with Gasteiger partial charge in [-0.15, -0.1) is 0 Å². The predicted octanol–water partition coefficient (Wildman–Crippen LogP) is 3.61. The number of aromatic nitrogens is 2. The lowest BCUT2D eigenvalue weighted by Gasteiger charge is -2.08. The molecule has 0 amide bonds. The Morgan fingerprint density at radius 2 is 1.79 bits per heavy atom. The van der Waals surface area contributed by atoms with E-state index in [-0.39, 0.29) is 0 Å². The second kappa shape index (κ2) is 6.41. The number of hydrogen-bond donors (Lipinski definition) is 0. The Balaban J connectivity index is 2.02. The summed E-state index contributed by atoms with van der Waals surface area (Å²) in [5, 5.41) is 4.52. The van der Waals surface area contributed by atoms with Crippen molar-refractivity contribution in [2.75, 3.05) is 0 Å². The first-order valence-corrected chi connectivity index (χ1v) is 7.04. The zero-order chi connectivity index (χ0) is 13.7. The molecule has 1 aromatic heterocycles. The van der Waals surface area contributed by atoms with E-state index >= 15 is 0 Å². The maximum absolute atomic E-state index is 5.83. The number of benzene rings is 1. The molecule has 0 saturated heterocycles. The van der Waals surface area contributed by atoms with Crippen LogP contribution in [0.25, 0.3) is 0 Å². The third kappa shape index (κ3) is 3.37. The summed E-state index contributed by atoms with van der Waals surface area (Å²) in [7, 11) is 0. The average Bonchev–Trinajstić information content (AvgIpc) is 2.88. The Hall–Kier alpha value is -1.77. The first kappa shape index (κ1) is 13.7. The molecule has 0 N–H and O–H groups in total. The summed E-state index contributed by atoms with van der Waals surface area (Å²) < 4.78 is 7.84. The molecule has 0 aliphatic carbocycles. The van der Waals surface area contributed by atoms with E-state index in [9.17, 15) is 0 Å². The van der Waals surface area contributed by atoms with Crippen molar-refractivity contribution in [2.24, 2.45) is 0 Å². The molecule has 0 bridgehead atoms. The zero-order valence-corrected chi connectivity index (χ0v) is 12.0. The minimum Gasteiger partial charge on any atom is -0.487 e. The van der Waals surface area contributed by atoms with Crippen LogP contribution < -0.4 is 4.74 Å². The van der Waals surface area contributed by atoms with Crippen molar-refractivity contribution in [3.8, 4) is 5.75 Å². The van der Waals surface area contributed by atoms with E-state index in [0.29, 0.717) is 6.61 Å². The summed E-state index contributed by atoms with van der Waals surface area (Å²) in [6, 6.07) is 10.4. The molecule has 0 unspecified atom stereocenters. The van der Waals surface area contributed by atoms with E-state index in [4.69, 9.17) is 4.74 Å². The van der Waals surface area contributed by atoms with Crippen molar-refractivity contribution in [2.45, 2.75) is 46.8 Å². The summed E-state index contributed by atoms with van der Waals surface area (Å²) in [6.45, 7) is 7.84. The van der Waals surface area contributed by atoms with Gasteiger partial charge in [0, 0.05) is 6.54 Å². The van der Waals surface area contributed by atoms with Crippen LogP contribution in [-0.2, 0) is 26.0 Å². The van der Waals surface area contributed by atoms with Crippen LogP contribution in [-0.4, -0.2) is 9.78 Å². The van der Waals surface area contributed by atoms with Gasteiger partial charge in [0.15, 0.2) is 0 Å². The van der Waals surface area contributed by atoms with Gasteiger partial charge < -0.3 is 4.74 Å². The normalized spacial score (nSPS) is 10.7. The maximum atomic E-state index is 5.83. The van der Waals surface area contributed by atoms with E-state index in [1.54, 1.807) is 0 Å². The number of nitrogens with zero attached hydrogens (tertiary/aromatic N) is 2. The van der Waals surface area contributed by atoms with Crippen molar-refractivity contribution in [3.05, 3.63) is 47.3 Å². The summed E-state index contributed by atoms with van der Waals surface area (Å²) in [4.78, 5) is 0. The van der Waals surface area contributed by atoms with Crippen LogP contribution in [0, 0.1) is 0 Å². The van der Waals surface area contributed by atoms with Crippen LogP contribution in [0.5, 0.6) is 5.75 Å². The molecule has 0 fully saturated rings. The van der Waals surface area contributed by atoms with Gasteiger partial charge in [-0.05, 0) is 43.5 Å². The second-order valence-electron chi connectivity index (χ2n) is 4.58. The maximum Gasteiger partial charge on any atom is 0.130 e. The molecular formula is C16H22N2O.